The van der Waals surface area contributed by atoms with Crippen LogP contribution in [0.2, 0.25) is 10.0 Å². The number of nitrogens with two attached hydrogens (primary N) is 1. The molecule has 0 saturated carbocycles. The quantitative estimate of drug-likeness (QED) is 0.271. The minimum absolute atomic E-state index is 0. The Morgan fingerprint density at radius 1 is 1.21 bits per heavy atom. The second kappa shape index (κ2) is 11.8. The smallest absolute Gasteiger partial charge is 0.333 e. The number of hydrogen-bond donors (Lipinski definition) is 3. The third-order valence-electron chi connectivity index (χ3n) is 3.83. The summed E-state index contributed by atoms with van der Waals surface area (Å²) in [4.78, 5) is 12.7. The number of rotatable bonds is 9. The van der Waals surface area contributed by atoms with Gasteiger partial charge in [0.05, 0.1) is 18.2 Å². The molecule has 0 aliphatic carbocycles. The SMILES string of the molecule is CCCOc1c(Cl)cc(Cl)cc1C(Nc1ccc(C(=N)N)cc1)C(=O)OCC.Cl. The summed E-state index contributed by atoms with van der Waals surface area (Å²) in [5.41, 5.74) is 7.19. The Hall–Kier alpha value is -2.15. The number of amidine groups is 1. The lowest BCUT2D eigenvalue weighted by Gasteiger charge is -2.22. The first kappa shape index (κ1) is 24.9. The van der Waals surface area contributed by atoms with Gasteiger partial charge < -0.3 is 20.5 Å². The van der Waals surface area contributed by atoms with Crippen molar-refractivity contribution >= 4 is 53.1 Å². The van der Waals surface area contributed by atoms with Crippen molar-refractivity contribution in [1.82, 2.24) is 0 Å². The van der Waals surface area contributed by atoms with Crippen LogP contribution in [0.5, 0.6) is 5.75 Å². The van der Waals surface area contributed by atoms with Crippen LogP contribution in [0.4, 0.5) is 5.69 Å². The molecule has 2 aromatic rings. The van der Waals surface area contributed by atoms with E-state index in [0.717, 1.165) is 6.42 Å². The molecule has 1 atom stereocenters. The van der Waals surface area contributed by atoms with Crippen molar-refractivity contribution in [3.8, 4) is 5.75 Å². The molecule has 1 unspecified atom stereocenters. The van der Waals surface area contributed by atoms with Gasteiger partial charge in [-0.1, -0.05) is 30.1 Å². The second-order valence-corrected chi connectivity index (χ2v) is 6.82. The molecule has 4 N–H and O–H groups in total. The molecule has 6 nitrogen and oxygen atoms in total. The number of esters is 1. The molecule has 0 bridgehead atoms. The zero-order valence-electron chi connectivity index (χ0n) is 16.1. The summed E-state index contributed by atoms with van der Waals surface area (Å²) in [6, 6.07) is 9.15. The van der Waals surface area contributed by atoms with Gasteiger partial charge in [0.1, 0.15) is 11.6 Å². The van der Waals surface area contributed by atoms with Gasteiger partial charge in [-0.05, 0) is 49.7 Å². The molecule has 158 valence electrons. The van der Waals surface area contributed by atoms with Crippen LogP contribution in [0.1, 0.15) is 37.4 Å². The standard InChI is InChI=1S/C20H23Cl2N3O3.ClH/c1-3-9-28-18-15(10-13(21)11-16(18)22)17(20(26)27-4-2)25-14-7-5-12(6-8-14)19(23)24;/h5-8,10-11,17,25H,3-4,9H2,1-2H3,(H3,23,24);1H. The molecule has 9 heteroatoms. The maximum atomic E-state index is 12.7. The highest BCUT2D eigenvalue weighted by atomic mass is 35.5. The number of benzene rings is 2. The molecule has 0 amide bonds. The topological polar surface area (TPSA) is 97.4 Å². The first-order valence-electron chi connectivity index (χ1n) is 8.86. The highest BCUT2D eigenvalue weighted by Gasteiger charge is 2.27. The Balaban J connectivity index is 0.00000420. The van der Waals surface area contributed by atoms with Crippen molar-refractivity contribution in [3.05, 3.63) is 57.6 Å². The molecule has 0 aliphatic heterocycles. The van der Waals surface area contributed by atoms with Crippen LogP contribution < -0.4 is 15.8 Å². The van der Waals surface area contributed by atoms with Crippen molar-refractivity contribution in [1.29, 1.82) is 5.41 Å². The normalized spacial score (nSPS) is 11.2. The zero-order valence-corrected chi connectivity index (χ0v) is 18.5. The molecule has 0 heterocycles. The van der Waals surface area contributed by atoms with Gasteiger partial charge in [-0.3, -0.25) is 5.41 Å². The maximum Gasteiger partial charge on any atom is 0.333 e. The number of anilines is 1. The number of hydrogen-bond acceptors (Lipinski definition) is 5. The molecule has 0 spiro atoms. The monoisotopic (exact) mass is 459 g/mol. The van der Waals surface area contributed by atoms with E-state index in [1.54, 1.807) is 43.3 Å². The Kier molecular flexibility index (Phi) is 10.1. The van der Waals surface area contributed by atoms with Gasteiger partial charge in [0.2, 0.25) is 0 Å². The van der Waals surface area contributed by atoms with Crippen LogP contribution in [0.3, 0.4) is 0 Å². The van der Waals surface area contributed by atoms with E-state index in [9.17, 15) is 4.79 Å². The third kappa shape index (κ3) is 6.70. The first-order chi connectivity index (χ1) is 13.4. The van der Waals surface area contributed by atoms with Crippen LogP contribution >= 0.6 is 35.6 Å². The van der Waals surface area contributed by atoms with Gasteiger partial charge in [-0.2, -0.15) is 0 Å². The number of nitrogens with one attached hydrogen (secondary N) is 2. The van der Waals surface area contributed by atoms with Crippen molar-refractivity contribution in [2.45, 2.75) is 26.3 Å². The third-order valence-corrected chi connectivity index (χ3v) is 4.33. The predicted octanol–water partition coefficient (Wildman–Crippen LogP) is 5.20. The lowest BCUT2D eigenvalue weighted by atomic mass is 10.0. The van der Waals surface area contributed by atoms with E-state index in [0.29, 0.717) is 39.2 Å². The highest BCUT2D eigenvalue weighted by molar-refractivity contribution is 6.35. The van der Waals surface area contributed by atoms with E-state index in [4.69, 9.17) is 43.8 Å². The Bertz CT molecular complexity index is 845. The lowest BCUT2D eigenvalue weighted by molar-refractivity contribution is -0.144. The van der Waals surface area contributed by atoms with Gasteiger partial charge >= 0.3 is 5.97 Å². The van der Waals surface area contributed by atoms with E-state index >= 15 is 0 Å². The molecule has 2 aromatic carbocycles. The van der Waals surface area contributed by atoms with Crippen LogP contribution in [0.25, 0.3) is 0 Å². The minimum atomic E-state index is -0.883. The minimum Gasteiger partial charge on any atom is -0.492 e. The van der Waals surface area contributed by atoms with Gasteiger partial charge in [-0.25, -0.2) is 4.79 Å². The van der Waals surface area contributed by atoms with E-state index in [1.165, 1.54) is 0 Å². The lowest BCUT2D eigenvalue weighted by Crippen LogP contribution is -2.24. The van der Waals surface area contributed by atoms with Crippen LogP contribution in [0, 0.1) is 5.41 Å². The largest absolute Gasteiger partial charge is 0.492 e. The number of carbonyl (C=O) groups is 1. The van der Waals surface area contributed by atoms with Crippen molar-refractivity contribution in [2.75, 3.05) is 18.5 Å². The number of carbonyl (C=O) groups excluding carboxylic acids is 1. The summed E-state index contributed by atoms with van der Waals surface area (Å²) >= 11 is 12.5. The fraction of sp³-hybridized carbons (Fsp3) is 0.300. The fourth-order valence-electron chi connectivity index (χ4n) is 2.55. The molecule has 29 heavy (non-hydrogen) atoms. The summed E-state index contributed by atoms with van der Waals surface area (Å²) < 4.78 is 11.0. The number of halogens is 3. The number of ether oxygens (including phenoxy) is 2. The van der Waals surface area contributed by atoms with Gasteiger partial charge in [0, 0.05) is 21.8 Å². The van der Waals surface area contributed by atoms with E-state index in [-0.39, 0.29) is 24.8 Å². The summed E-state index contributed by atoms with van der Waals surface area (Å²) in [7, 11) is 0. The highest BCUT2D eigenvalue weighted by Crippen LogP contribution is 2.38. The van der Waals surface area contributed by atoms with Crippen molar-refractivity contribution in [3.63, 3.8) is 0 Å². The van der Waals surface area contributed by atoms with Crippen LogP contribution in [-0.4, -0.2) is 25.0 Å². The maximum absolute atomic E-state index is 12.7. The van der Waals surface area contributed by atoms with Crippen molar-refractivity contribution < 1.29 is 14.3 Å². The van der Waals surface area contributed by atoms with Crippen molar-refractivity contribution in [2.24, 2.45) is 5.73 Å². The molecule has 2 rings (SSSR count). The van der Waals surface area contributed by atoms with Gasteiger partial charge in [0.15, 0.2) is 6.04 Å². The summed E-state index contributed by atoms with van der Waals surface area (Å²) in [6.07, 6.45) is 0.780. The molecule has 0 fully saturated rings. The average Bonchev–Trinajstić information content (AvgIpc) is 2.65. The molecule has 0 aliphatic rings. The van der Waals surface area contributed by atoms with Gasteiger partial charge in [-0.15, -0.1) is 12.4 Å². The average molecular weight is 461 g/mol. The Labute approximate surface area is 186 Å². The van der Waals surface area contributed by atoms with E-state index in [1.807, 2.05) is 6.92 Å². The molecule has 0 saturated heterocycles. The van der Waals surface area contributed by atoms with E-state index < -0.39 is 12.0 Å². The molecular weight excluding hydrogens is 437 g/mol. The Morgan fingerprint density at radius 2 is 1.86 bits per heavy atom. The van der Waals surface area contributed by atoms with Crippen LogP contribution in [0.15, 0.2) is 36.4 Å². The molecule has 0 aromatic heterocycles. The first-order valence-corrected chi connectivity index (χ1v) is 9.62. The summed E-state index contributed by atoms with van der Waals surface area (Å²) in [6.45, 7) is 4.37. The van der Waals surface area contributed by atoms with Crippen LogP contribution in [-0.2, 0) is 9.53 Å². The molecule has 0 radical (unpaired) electrons. The van der Waals surface area contributed by atoms with Gasteiger partial charge in [0.25, 0.3) is 0 Å². The fourth-order valence-corrected chi connectivity index (χ4v) is 3.12. The zero-order chi connectivity index (χ0) is 20.7. The number of nitrogen functional groups attached to an aromatic ring is 1. The second-order valence-electron chi connectivity index (χ2n) is 5.97. The summed E-state index contributed by atoms with van der Waals surface area (Å²) in [5.74, 6) is -0.137. The molecular formula is C20H24Cl3N3O3. The Morgan fingerprint density at radius 3 is 2.41 bits per heavy atom. The van der Waals surface area contributed by atoms with E-state index in [2.05, 4.69) is 5.32 Å². The predicted molar refractivity (Wildman–Crippen MR) is 120 cm³/mol. The summed E-state index contributed by atoms with van der Waals surface area (Å²) in [5, 5.41) is 11.3.